The average Bonchev–Trinajstić information content (AvgIpc) is 2.34. The van der Waals surface area contributed by atoms with Gasteiger partial charge in [0.2, 0.25) is 0 Å². The van der Waals surface area contributed by atoms with Gasteiger partial charge in [-0.05, 0) is 30.3 Å². The van der Waals surface area contributed by atoms with E-state index in [1.54, 1.807) is 30.3 Å². The second-order valence-corrected chi connectivity index (χ2v) is 4.86. The number of nitrogens with two attached hydrogens (primary N) is 1. The molecular weight excluding hydrogens is 316 g/mol. The van der Waals surface area contributed by atoms with Crippen molar-refractivity contribution in [1.29, 1.82) is 5.26 Å². The number of nitrogen functional groups attached to an aromatic ring is 1. The van der Waals surface area contributed by atoms with E-state index in [-0.39, 0.29) is 0 Å². The van der Waals surface area contributed by atoms with Crippen molar-refractivity contribution < 1.29 is 4.74 Å². The van der Waals surface area contributed by atoms with Crippen LogP contribution in [0.1, 0.15) is 5.56 Å². The Balaban J connectivity index is 2.32. The van der Waals surface area contributed by atoms with Gasteiger partial charge in [-0.15, -0.1) is 0 Å². The van der Waals surface area contributed by atoms with Crippen LogP contribution in [-0.4, -0.2) is 0 Å². The number of hydrogen-bond donors (Lipinski definition) is 1. The monoisotopic (exact) mass is 322 g/mol. The molecule has 0 aliphatic heterocycles. The second-order valence-electron chi connectivity index (χ2n) is 3.54. The zero-order valence-corrected chi connectivity index (χ0v) is 11.5. The summed E-state index contributed by atoms with van der Waals surface area (Å²) in [7, 11) is 0. The van der Waals surface area contributed by atoms with Crippen LogP contribution in [0.5, 0.6) is 11.5 Å². The predicted octanol–water partition coefficient (Wildman–Crippen LogP) is 4.35. The molecule has 0 unspecified atom stereocenters. The Morgan fingerprint density at radius 3 is 2.67 bits per heavy atom. The lowest BCUT2D eigenvalue weighted by atomic mass is 10.2. The normalized spacial score (nSPS) is 9.83. The summed E-state index contributed by atoms with van der Waals surface area (Å²) in [4.78, 5) is 0. The summed E-state index contributed by atoms with van der Waals surface area (Å²) in [6, 6.07) is 12.2. The Kier molecular flexibility index (Phi) is 3.75. The molecule has 2 aromatic rings. The highest BCUT2D eigenvalue weighted by molar-refractivity contribution is 9.10. The van der Waals surface area contributed by atoms with Gasteiger partial charge in [0.05, 0.1) is 16.3 Å². The lowest BCUT2D eigenvalue weighted by Crippen LogP contribution is -1.92. The van der Waals surface area contributed by atoms with E-state index in [0.717, 1.165) is 4.47 Å². The quantitative estimate of drug-likeness (QED) is 0.836. The average molecular weight is 324 g/mol. The number of hydrogen-bond acceptors (Lipinski definition) is 3. The Hall–Kier alpha value is -1.70. The molecule has 0 fully saturated rings. The molecule has 0 aliphatic rings. The molecule has 2 N–H and O–H groups in total. The molecular formula is C13H8BrClN2O. The van der Waals surface area contributed by atoms with Crippen molar-refractivity contribution in [3.05, 3.63) is 51.5 Å². The minimum absolute atomic E-state index is 0.376. The van der Waals surface area contributed by atoms with Gasteiger partial charge in [0.15, 0.2) is 0 Å². The minimum Gasteiger partial charge on any atom is -0.456 e. The van der Waals surface area contributed by atoms with Crippen molar-refractivity contribution in [2.45, 2.75) is 0 Å². The highest BCUT2D eigenvalue weighted by atomic mass is 79.9. The lowest BCUT2D eigenvalue weighted by Gasteiger charge is -2.09. The minimum atomic E-state index is 0.376. The van der Waals surface area contributed by atoms with Crippen LogP contribution in [0.3, 0.4) is 0 Å². The smallest absolute Gasteiger partial charge is 0.147 e. The van der Waals surface area contributed by atoms with Gasteiger partial charge in [0, 0.05) is 10.5 Å². The van der Waals surface area contributed by atoms with Crippen LogP contribution >= 0.6 is 27.5 Å². The molecule has 2 rings (SSSR count). The molecule has 18 heavy (non-hydrogen) atoms. The van der Waals surface area contributed by atoms with Gasteiger partial charge in [-0.3, -0.25) is 0 Å². The number of ether oxygens (including phenoxy) is 1. The summed E-state index contributed by atoms with van der Waals surface area (Å²) in [6.07, 6.45) is 0. The predicted molar refractivity (Wildman–Crippen MR) is 74.8 cm³/mol. The van der Waals surface area contributed by atoms with E-state index < -0.39 is 0 Å². The molecule has 0 amide bonds. The molecule has 0 heterocycles. The van der Waals surface area contributed by atoms with Crippen molar-refractivity contribution in [3.8, 4) is 17.6 Å². The summed E-state index contributed by atoms with van der Waals surface area (Å²) in [5.41, 5.74) is 6.50. The van der Waals surface area contributed by atoms with Crippen LogP contribution in [0.4, 0.5) is 5.69 Å². The molecule has 0 saturated carbocycles. The van der Waals surface area contributed by atoms with Gasteiger partial charge in [-0.2, -0.15) is 5.26 Å². The summed E-state index contributed by atoms with van der Waals surface area (Å²) in [6.45, 7) is 0. The van der Waals surface area contributed by atoms with E-state index in [4.69, 9.17) is 27.3 Å². The first kappa shape index (κ1) is 12.7. The van der Waals surface area contributed by atoms with Crippen LogP contribution in [0.15, 0.2) is 40.9 Å². The van der Waals surface area contributed by atoms with E-state index in [1.165, 1.54) is 0 Å². The first-order valence-electron chi connectivity index (χ1n) is 5.02. The number of nitrogens with zero attached hydrogens (tertiary/aromatic N) is 1. The number of nitriles is 1. The summed E-state index contributed by atoms with van der Waals surface area (Å²) in [5.74, 6) is 1.06. The van der Waals surface area contributed by atoms with Gasteiger partial charge >= 0.3 is 0 Å². The molecule has 0 aromatic heterocycles. The lowest BCUT2D eigenvalue weighted by molar-refractivity contribution is 0.483. The molecule has 0 atom stereocenters. The second kappa shape index (κ2) is 5.30. The van der Waals surface area contributed by atoms with Crippen molar-refractivity contribution in [1.82, 2.24) is 0 Å². The van der Waals surface area contributed by atoms with Crippen molar-refractivity contribution >= 4 is 33.2 Å². The van der Waals surface area contributed by atoms with E-state index in [9.17, 15) is 0 Å². The highest BCUT2D eigenvalue weighted by Gasteiger charge is 2.06. The summed E-state index contributed by atoms with van der Waals surface area (Å²) in [5, 5.41) is 9.28. The number of anilines is 1. The van der Waals surface area contributed by atoms with Crippen molar-refractivity contribution in [3.63, 3.8) is 0 Å². The fourth-order valence-corrected chi connectivity index (χ4v) is 1.88. The number of halogens is 2. The Morgan fingerprint density at radius 2 is 2.00 bits per heavy atom. The topological polar surface area (TPSA) is 59.0 Å². The maximum Gasteiger partial charge on any atom is 0.147 e. The van der Waals surface area contributed by atoms with Gasteiger partial charge in [0.25, 0.3) is 0 Å². The molecule has 0 bridgehead atoms. The maximum absolute atomic E-state index is 8.78. The van der Waals surface area contributed by atoms with Crippen molar-refractivity contribution in [2.24, 2.45) is 0 Å². The first-order chi connectivity index (χ1) is 8.60. The Bertz CT molecular complexity index is 637. The molecule has 5 heteroatoms. The molecule has 2 aromatic carbocycles. The molecule has 0 spiro atoms. The highest BCUT2D eigenvalue weighted by Crippen LogP contribution is 2.32. The fraction of sp³-hybridized carbons (Fsp3) is 0. The van der Waals surface area contributed by atoms with E-state index in [2.05, 4.69) is 15.9 Å². The van der Waals surface area contributed by atoms with E-state index >= 15 is 0 Å². The van der Waals surface area contributed by atoms with E-state index in [1.807, 2.05) is 12.1 Å². The van der Waals surface area contributed by atoms with Crippen LogP contribution in [0.25, 0.3) is 0 Å². The SMILES string of the molecule is N#Cc1ccc(Oc2cc(Br)ccc2Cl)cc1N. The molecule has 0 radical (unpaired) electrons. The third kappa shape index (κ3) is 2.76. The third-order valence-corrected chi connectivity index (χ3v) is 3.07. The molecule has 3 nitrogen and oxygen atoms in total. The molecule has 90 valence electrons. The van der Waals surface area contributed by atoms with Crippen LogP contribution in [-0.2, 0) is 0 Å². The zero-order chi connectivity index (χ0) is 13.1. The van der Waals surface area contributed by atoms with Crippen LogP contribution in [0.2, 0.25) is 5.02 Å². The van der Waals surface area contributed by atoms with Gasteiger partial charge in [-0.25, -0.2) is 0 Å². The Labute approximate surface area is 118 Å². The summed E-state index contributed by atoms with van der Waals surface area (Å²) < 4.78 is 6.48. The van der Waals surface area contributed by atoms with Gasteiger partial charge in [0.1, 0.15) is 17.6 Å². The number of rotatable bonds is 2. The van der Waals surface area contributed by atoms with Crippen LogP contribution in [0, 0.1) is 11.3 Å². The zero-order valence-electron chi connectivity index (χ0n) is 9.15. The van der Waals surface area contributed by atoms with Gasteiger partial charge in [-0.1, -0.05) is 27.5 Å². The fourth-order valence-electron chi connectivity index (χ4n) is 1.39. The molecule has 0 aliphatic carbocycles. The maximum atomic E-state index is 8.78. The van der Waals surface area contributed by atoms with E-state index in [0.29, 0.717) is 27.8 Å². The summed E-state index contributed by atoms with van der Waals surface area (Å²) >= 11 is 9.36. The van der Waals surface area contributed by atoms with Gasteiger partial charge < -0.3 is 10.5 Å². The first-order valence-corrected chi connectivity index (χ1v) is 6.20. The standard InChI is InChI=1S/C13H8BrClN2O/c14-9-2-4-11(15)13(5-9)18-10-3-1-8(7-16)12(17)6-10/h1-6H,17H2. The Morgan fingerprint density at radius 1 is 1.22 bits per heavy atom. The molecule has 0 saturated heterocycles. The number of benzene rings is 2. The third-order valence-electron chi connectivity index (χ3n) is 2.26. The largest absolute Gasteiger partial charge is 0.456 e. The van der Waals surface area contributed by atoms with Crippen molar-refractivity contribution in [2.75, 3.05) is 5.73 Å². The van der Waals surface area contributed by atoms with Crippen LogP contribution < -0.4 is 10.5 Å².